The quantitative estimate of drug-likeness (QED) is 0.389. The van der Waals surface area contributed by atoms with Gasteiger partial charge in [0.25, 0.3) is 5.89 Å². The average Bonchev–Trinajstić information content (AvgIpc) is 3.44. The molecule has 0 spiro atoms. The molecule has 5 rings (SSSR count). The molecular formula is C24H22F2N4O. The Balaban J connectivity index is 1.62. The van der Waals surface area contributed by atoms with Crippen LogP contribution in [0.2, 0.25) is 0 Å². The Morgan fingerprint density at radius 2 is 1.81 bits per heavy atom. The lowest BCUT2D eigenvalue weighted by molar-refractivity contribution is 0.242. The summed E-state index contributed by atoms with van der Waals surface area (Å²) in [6.07, 6.45) is 6.35. The Hall–Kier alpha value is -3.35. The summed E-state index contributed by atoms with van der Waals surface area (Å²) < 4.78 is 35.4. The van der Waals surface area contributed by atoms with Crippen molar-refractivity contribution in [1.29, 1.82) is 0 Å². The molecule has 0 aliphatic heterocycles. The van der Waals surface area contributed by atoms with E-state index in [-0.39, 0.29) is 23.3 Å². The van der Waals surface area contributed by atoms with Gasteiger partial charge in [0, 0.05) is 5.56 Å². The largest absolute Gasteiger partial charge is 0.333 e. The molecule has 31 heavy (non-hydrogen) atoms. The van der Waals surface area contributed by atoms with Crippen molar-refractivity contribution < 1.29 is 13.3 Å². The van der Waals surface area contributed by atoms with Gasteiger partial charge in [-0.05, 0) is 37.0 Å². The number of aromatic nitrogens is 4. The molecule has 0 saturated heterocycles. The van der Waals surface area contributed by atoms with Gasteiger partial charge in [-0.25, -0.2) is 8.78 Å². The van der Waals surface area contributed by atoms with E-state index in [0.717, 1.165) is 42.3 Å². The molecule has 2 heterocycles. The van der Waals surface area contributed by atoms with Crippen molar-refractivity contribution in [3.63, 3.8) is 0 Å². The summed E-state index contributed by atoms with van der Waals surface area (Å²) >= 11 is 0. The van der Waals surface area contributed by atoms with Crippen LogP contribution in [0.4, 0.5) is 8.78 Å². The lowest BCUT2D eigenvalue weighted by Crippen LogP contribution is -2.22. The minimum atomic E-state index is -0.608. The Morgan fingerprint density at radius 1 is 1.00 bits per heavy atom. The Bertz CT molecular complexity index is 1200. The highest BCUT2D eigenvalue weighted by Crippen LogP contribution is 2.40. The van der Waals surface area contributed by atoms with E-state index in [1.807, 2.05) is 30.3 Å². The molecule has 4 aromatic rings. The van der Waals surface area contributed by atoms with Crippen molar-refractivity contribution in [2.45, 2.75) is 38.6 Å². The Kier molecular flexibility index (Phi) is 5.10. The van der Waals surface area contributed by atoms with Crippen LogP contribution < -0.4 is 0 Å². The molecule has 0 radical (unpaired) electrons. The average molecular weight is 420 g/mol. The van der Waals surface area contributed by atoms with E-state index in [1.165, 1.54) is 12.8 Å². The van der Waals surface area contributed by atoms with Crippen LogP contribution in [0.1, 0.15) is 38.6 Å². The van der Waals surface area contributed by atoms with Crippen LogP contribution >= 0.6 is 0 Å². The normalized spacial score (nSPS) is 18.9. The van der Waals surface area contributed by atoms with Gasteiger partial charge in [-0.2, -0.15) is 10.1 Å². The maximum atomic E-state index is 14.2. The highest BCUT2D eigenvalue weighted by Gasteiger charge is 2.29. The van der Waals surface area contributed by atoms with Crippen molar-refractivity contribution in [2.24, 2.45) is 5.92 Å². The summed E-state index contributed by atoms with van der Waals surface area (Å²) in [6, 6.07) is 13.4. The van der Waals surface area contributed by atoms with Gasteiger partial charge in [0.1, 0.15) is 11.6 Å². The SMILES string of the molecule is CC1CCCCC1n1ncc(-c2nc(-c3cc(F)ccc3F)no2)c1-c1ccccc1. The zero-order chi connectivity index (χ0) is 21.4. The highest BCUT2D eigenvalue weighted by molar-refractivity contribution is 5.77. The number of rotatable bonds is 4. The molecule has 1 aliphatic carbocycles. The van der Waals surface area contributed by atoms with E-state index in [1.54, 1.807) is 6.20 Å². The highest BCUT2D eigenvalue weighted by atomic mass is 19.1. The molecule has 1 fully saturated rings. The molecule has 2 atom stereocenters. The van der Waals surface area contributed by atoms with Crippen LogP contribution in [0.25, 0.3) is 34.1 Å². The van der Waals surface area contributed by atoms with Gasteiger partial charge in [0.2, 0.25) is 5.82 Å². The first-order valence-electron chi connectivity index (χ1n) is 10.5. The Morgan fingerprint density at radius 3 is 2.61 bits per heavy atom. The van der Waals surface area contributed by atoms with E-state index < -0.39 is 11.6 Å². The molecule has 0 bridgehead atoms. The van der Waals surface area contributed by atoms with Crippen LogP contribution in [-0.4, -0.2) is 19.9 Å². The predicted molar refractivity (Wildman–Crippen MR) is 113 cm³/mol. The van der Waals surface area contributed by atoms with E-state index in [4.69, 9.17) is 9.62 Å². The predicted octanol–water partition coefficient (Wildman–Crippen LogP) is 6.30. The number of hydrogen-bond donors (Lipinski definition) is 0. The summed E-state index contributed by atoms with van der Waals surface area (Å²) in [6.45, 7) is 2.26. The molecule has 0 N–H and O–H groups in total. The second-order valence-corrected chi connectivity index (χ2v) is 8.09. The van der Waals surface area contributed by atoms with Gasteiger partial charge in [0.15, 0.2) is 0 Å². The van der Waals surface area contributed by atoms with Gasteiger partial charge >= 0.3 is 0 Å². The molecule has 2 aromatic heterocycles. The molecule has 1 aliphatic rings. The van der Waals surface area contributed by atoms with Crippen molar-refractivity contribution in [3.05, 3.63) is 66.4 Å². The van der Waals surface area contributed by atoms with Gasteiger partial charge in [-0.15, -0.1) is 0 Å². The summed E-state index contributed by atoms with van der Waals surface area (Å²) in [5.41, 5.74) is 2.53. The third kappa shape index (κ3) is 3.65. The minimum Gasteiger partial charge on any atom is -0.333 e. The minimum absolute atomic E-state index is 0.00444. The summed E-state index contributed by atoms with van der Waals surface area (Å²) in [7, 11) is 0. The second kappa shape index (κ2) is 8.06. The van der Waals surface area contributed by atoms with Gasteiger partial charge in [0.05, 0.1) is 29.1 Å². The molecule has 158 valence electrons. The van der Waals surface area contributed by atoms with Gasteiger partial charge in [-0.3, -0.25) is 4.68 Å². The van der Waals surface area contributed by atoms with Crippen molar-refractivity contribution in [1.82, 2.24) is 19.9 Å². The first-order chi connectivity index (χ1) is 15.1. The first kappa shape index (κ1) is 19.6. The standard InChI is InChI=1S/C24H22F2N4O/c1-15-7-5-6-10-21(15)30-22(16-8-3-2-4-9-16)19(14-27-30)24-28-23(29-31-24)18-13-17(25)11-12-20(18)26/h2-4,8-9,11-15,21H,5-7,10H2,1H3. The Labute approximate surface area is 178 Å². The van der Waals surface area contributed by atoms with E-state index in [9.17, 15) is 8.78 Å². The van der Waals surface area contributed by atoms with Gasteiger partial charge in [-0.1, -0.05) is 55.3 Å². The monoisotopic (exact) mass is 420 g/mol. The van der Waals surface area contributed by atoms with Crippen LogP contribution in [0, 0.1) is 17.6 Å². The molecule has 0 amide bonds. The van der Waals surface area contributed by atoms with Crippen molar-refractivity contribution in [2.75, 3.05) is 0 Å². The molecule has 1 saturated carbocycles. The van der Waals surface area contributed by atoms with Crippen LogP contribution in [0.5, 0.6) is 0 Å². The van der Waals surface area contributed by atoms with E-state index >= 15 is 0 Å². The summed E-state index contributed by atoms with van der Waals surface area (Å²) in [4.78, 5) is 4.38. The lowest BCUT2D eigenvalue weighted by atomic mass is 9.85. The smallest absolute Gasteiger partial charge is 0.262 e. The molecule has 2 aromatic carbocycles. The molecule has 5 nitrogen and oxygen atoms in total. The van der Waals surface area contributed by atoms with Crippen LogP contribution in [-0.2, 0) is 0 Å². The van der Waals surface area contributed by atoms with Crippen molar-refractivity contribution in [3.8, 4) is 34.1 Å². The molecule has 2 unspecified atom stereocenters. The fourth-order valence-corrected chi connectivity index (χ4v) is 4.43. The molecular weight excluding hydrogens is 398 g/mol. The van der Waals surface area contributed by atoms with Crippen LogP contribution in [0.3, 0.4) is 0 Å². The fraction of sp³-hybridized carbons (Fsp3) is 0.292. The summed E-state index contributed by atoms with van der Waals surface area (Å²) in [5, 5.41) is 8.62. The lowest BCUT2D eigenvalue weighted by Gasteiger charge is -2.30. The maximum absolute atomic E-state index is 14.2. The second-order valence-electron chi connectivity index (χ2n) is 8.09. The summed E-state index contributed by atoms with van der Waals surface area (Å²) in [5.74, 6) is -0.434. The fourth-order valence-electron chi connectivity index (χ4n) is 4.43. The molecule has 7 heteroatoms. The van der Waals surface area contributed by atoms with E-state index in [0.29, 0.717) is 11.5 Å². The number of nitrogens with zero attached hydrogens (tertiary/aromatic N) is 4. The topological polar surface area (TPSA) is 56.7 Å². The zero-order valence-electron chi connectivity index (χ0n) is 17.1. The van der Waals surface area contributed by atoms with E-state index in [2.05, 4.69) is 21.7 Å². The number of halogens is 2. The number of hydrogen-bond acceptors (Lipinski definition) is 4. The number of benzene rings is 2. The third-order valence-electron chi connectivity index (χ3n) is 6.05. The van der Waals surface area contributed by atoms with Gasteiger partial charge < -0.3 is 4.52 Å². The maximum Gasteiger partial charge on any atom is 0.262 e. The zero-order valence-corrected chi connectivity index (χ0v) is 17.1. The van der Waals surface area contributed by atoms with Crippen molar-refractivity contribution >= 4 is 0 Å². The first-order valence-corrected chi connectivity index (χ1v) is 10.5. The van der Waals surface area contributed by atoms with Crippen LogP contribution in [0.15, 0.2) is 59.3 Å². The third-order valence-corrected chi connectivity index (χ3v) is 6.05.